The van der Waals surface area contributed by atoms with E-state index < -0.39 is 35.5 Å². The summed E-state index contributed by atoms with van der Waals surface area (Å²) in [6, 6.07) is 7.79. The monoisotopic (exact) mass is 433 g/mol. The number of nitrogens with one attached hydrogen (secondary N) is 2. The van der Waals surface area contributed by atoms with Gasteiger partial charge < -0.3 is 25.0 Å². The molecule has 9 nitrogen and oxygen atoms in total. The van der Waals surface area contributed by atoms with Gasteiger partial charge in [-0.15, -0.1) is 0 Å². The van der Waals surface area contributed by atoms with E-state index in [9.17, 15) is 19.2 Å². The van der Waals surface area contributed by atoms with Crippen molar-refractivity contribution in [3.8, 4) is 0 Å². The number of methoxy groups -OCH3 is 1. The van der Waals surface area contributed by atoms with Crippen molar-refractivity contribution < 1.29 is 28.7 Å². The summed E-state index contributed by atoms with van der Waals surface area (Å²) >= 11 is 0. The highest BCUT2D eigenvalue weighted by atomic mass is 16.6. The van der Waals surface area contributed by atoms with Gasteiger partial charge in [0.25, 0.3) is 0 Å². The van der Waals surface area contributed by atoms with Gasteiger partial charge in [0.05, 0.1) is 7.11 Å². The van der Waals surface area contributed by atoms with E-state index in [1.807, 2.05) is 6.07 Å². The molecule has 9 heteroatoms. The van der Waals surface area contributed by atoms with Crippen molar-refractivity contribution in [1.29, 1.82) is 0 Å². The van der Waals surface area contributed by atoms with Crippen molar-refractivity contribution in [3.63, 3.8) is 0 Å². The zero-order valence-electron chi connectivity index (χ0n) is 18.5. The van der Waals surface area contributed by atoms with E-state index in [2.05, 4.69) is 15.4 Å². The Balaban J connectivity index is 2.22. The molecule has 1 atom stereocenters. The minimum Gasteiger partial charge on any atom is -0.468 e. The SMILES string of the molecule is COC(=O)CNC(=O)C(c1ccccc1)N(C(=O)CNC(=O)OC(C)(C)C)C1CCC1. The van der Waals surface area contributed by atoms with Crippen LogP contribution in [-0.4, -0.2) is 60.6 Å². The molecule has 0 bridgehead atoms. The van der Waals surface area contributed by atoms with Crippen molar-refractivity contribution in [1.82, 2.24) is 15.5 Å². The number of rotatable bonds is 8. The molecule has 0 aliphatic heterocycles. The van der Waals surface area contributed by atoms with Crippen LogP contribution in [0, 0.1) is 0 Å². The first-order valence-corrected chi connectivity index (χ1v) is 10.3. The second kappa shape index (κ2) is 10.8. The molecule has 2 N–H and O–H groups in total. The molecule has 0 radical (unpaired) electrons. The standard InChI is InChI=1S/C22H31N3O6/c1-22(2,3)31-21(29)24-13-17(26)25(16-11-8-12-16)19(15-9-6-5-7-10-15)20(28)23-14-18(27)30-4/h5-7,9-10,16,19H,8,11-14H2,1-4H3,(H,23,28)(H,24,29). The molecule has 31 heavy (non-hydrogen) atoms. The van der Waals surface area contributed by atoms with Crippen LogP contribution in [-0.2, 0) is 23.9 Å². The zero-order valence-corrected chi connectivity index (χ0v) is 18.5. The minimum absolute atomic E-state index is 0.137. The van der Waals surface area contributed by atoms with Gasteiger partial charge in [-0.3, -0.25) is 14.4 Å². The van der Waals surface area contributed by atoms with Gasteiger partial charge >= 0.3 is 12.1 Å². The number of esters is 1. The summed E-state index contributed by atoms with van der Waals surface area (Å²) < 4.78 is 9.77. The van der Waals surface area contributed by atoms with Crippen LogP contribution < -0.4 is 10.6 Å². The lowest BCUT2D eigenvalue weighted by Crippen LogP contribution is -2.54. The van der Waals surface area contributed by atoms with Crippen LogP contribution in [0.4, 0.5) is 4.79 Å². The summed E-state index contributed by atoms with van der Waals surface area (Å²) in [5, 5.41) is 5.02. The van der Waals surface area contributed by atoms with Crippen LogP contribution in [0.2, 0.25) is 0 Å². The number of alkyl carbamates (subject to hydrolysis) is 1. The fourth-order valence-corrected chi connectivity index (χ4v) is 3.18. The average molecular weight is 434 g/mol. The topological polar surface area (TPSA) is 114 Å². The quantitative estimate of drug-likeness (QED) is 0.606. The molecule has 0 aromatic heterocycles. The van der Waals surface area contributed by atoms with Crippen molar-refractivity contribution in [2.75, 3.05) is 20.2 Å². The Labute approximate surface area is 182 Å². The maximum absolute atomic E-state index is 13.1. The molecule has 3 amide bonds. The van der Waals surface area contributed by atoms with Gasteiger partial charge in [0.15, 0.2) is 0 Å². The molecule has 170 valence electrons. The second-order valence-electron chi connectivity index (χ2n) is 8.35. The van der Waals surface area contributed by atoms with Crippen LogP contribution in [0.15, 0.2) is 30.3 Å². The normalized spacial score (nSPS) is 14.6. The van der Waals surface area contributed by atoms with Crippen LogP contribution in [0.5, 0.6) is 0 Å². The van der Waals surface area contributed by atoms with Crippen LogP contribution in [0.3, 0.4) is 0 Å². The van der Waals surface area contributed by atoms with Gasteiger partial charge in [0.2, 0.25) is 11.8 Å². The number of amides is 3. The Bertz CT molecular complexity index is 786. The zero-order chi connectivity index (χ0) is 23.0. The first-order valence-electron chi connectivity index (χ1n) is 10.3. The summed E-state index contributed by atoms with van der Waals surface area (Å²) in [5.41, 5.74) is -0.0800. The predicted octanol–water partition coefficient (Wildman–Crippen LogP) is 1.92. The Kier molecular flexibility index (Phi) is 8.41. The van der Waals surface area contributed by atoms with Crippen LogP contribution in [0.1, 0.15) is 51.6 Å². The summed E-state index contributed by atoms with van der Waals surface area (Å²) in [7, 11) is 1.23. The van der Waals surface area contributed by atoms with E-state index in [4.69, 9.17) is 4.74 Å². The molecule has 0 saturated heterocycles. The maximum Gasteiger partial charge on any atom is 0.408 e. The first-order chi connectivity index (χ1) is 14.6. The Morgan fingerprint density at radius 1 is 1.06 bits per heavy atom. The van der Waals surface area contributed by atoms with E-state index in [1.165, 1.54) is 12.0 Å². The fraction of sp³-hybridized carbons (Fsp3) is 0.545. The van der Waals surface area contributed by atoms with Crippen molar-refractivity contribution >= 4 is 23.9 Å². The fourth-order valence-electron chi connectivity index (χ4n) is 3.18. The lowest BCUT2D eigenvalue weighted by atomic mass is 9.88. The Hall–Kier alpha value is -3.10. The highest BCUT2D eigenvalue weighted by molar-refractivity contribution is 5.92. The van der Waals surface area contributed by atoms with Gasteiger partial charge in [-0.2, -0.15) is 0 Å². The molecule has 1 aromatic carbocycles. The first kappa shape index (κ1) is 24.2. The summed E-state index contributed by atoms with van der Waals surface area (Å²) in [6.45, 7) is 4.57. The van der Waals surface area contributed by atoms with Gasteiger partial charge in [-0.25, -0.2) is 4.79 Å². The molecule has 1 unspecified atom stereocenters. The third kappa shape index (κ3) is 7.27. The molecule has 0 spiro atoms. The van der Waals surface area contributed by atoms with E-state index in [0.29, 0.717) is 5.56 Å². The van der Waals surface area contributed by atoms with E-state index >= 15 is 0 Å². The van der Waals surface area contributed by atoms with Gasteiger partial charge in [0, 0.05) is 6.04 Å². The molecule has 1 aliphatic carbocycles. The molecule has 1 aliphatic rings. The van der Waals surface area contributed by atoms with Gasteiger partial charge in [0.1, 0.15) is 24.7 Å². The highest BCUT2D eigenvalue weighted by Gasteiger charge is 2.38. The van der Waals surface area contributed by atoms with Gasteiger partial charge in [-0.05, 0) is 45.6 Å². The lowest BCUT2D eigenvalue weighted by molar-refractivity contribution is -0.146. The maximum atomic E-state index is 13.1. The van der Waals surface area contributed by atoms with Crippen LogP contribution >= 0.6 is 0 Å². The molecule has 2 rings (SSSR count). The Morgan fingerprint density at radius 2 is 1.71 bits per heavy atom. The second-order valence-corrected chi connectivity index (χ2v) is 8.35. The number of benzene rings is 1. The number of ether oxygens (including phenoxy) is 2. The van der Waals surface area contributed by atoms with Crippen molar-refractivity contribution in [2.45, 2.75) is 57.7 Å². The molecule has 0 heterocycles. The third-order valence-electron chi connectivity index (χ3n) is 4.82. The number of hydrogen-bond donors (Lipinski definition) is 2. The number of carbonyl (C=O) groups is 4. The van der Waals surface area contributed by atoms with E-state index in [0.717, 1.165) is 19.3 Å². The predicted molar refractivity (Wildman–Crippen MR) is 113 cm³/mol. The largest absolute Gasteiger partial charge is 0.468 e. The lowest BCUT2D eigenvalue weighted by Gasteiger charge is -2.42. The van der Waals surface area contributed by atoms with Crippen LogP contribution in [0.25, 0.3) is 0 Å². The number of nitrogens with zero attached hydrogens (tertiary/aromatic N) is 1. The summed E-state index contributed by atoms with van der Waals surface area (Å²) in [4.78, 5) is 51.2. The molecule has 1 aromatic rings. The smallest absolute Gasteiger partial charge is 0.408 e. The van der Waals surface area contributed by atoms with E-state index in [1.54, 1.807) is 45.0 Å². The van der Waals surface area contributed by atoms with E-state index in [-0.39, 0.29) is 19.1 Å². The summed E-state index contributed by atoms with van der Waals surface area (Å²) in [6.07, 6.45) is 1.75. The highest BCUT2D eigenvalue weighted by Crippen LogP contribution is 2.33. The van der Waals surface area contributed by atoms with Crippen molar-refractivity contribution in [3.05, 3.63) is 35.9 Å². The third-order valence-corrected chi connectivity index (χ3v) is 4.82. The molecular weight excluding hydrogens is 402 g/mol. The molecular formula is C22H31N3O6. The molecule has 1 saturated carbocycles. The minimum atomic E-state index is -0.941. The van der Waals surface area contributed by atoms with Gasteiger partial charge in [-0.1, -0.05) is 30.3 Å². The summed E-state index contributed by atoms with van der Waals surface area (Å²) in [5.74, 6) is -1.49. The number of hydrogen-bond acceptors (Lipinski definition) is 6. The van der Waals surface area contributed by atoms with Crippen molar-refractivity contribution in [2.24, 2.45) is 0 Å². The Morgan fingerprint density at radius 3 is 2.23 bits per heavy atom. The number of carbonyl (C=O) groups excluding carboxylic acids is 4. The molecule has 1 fully saturated rings. The average Bonchev–Trinajstić information content (AvgIpc) is 2.67.